The van der Waals surface area contributed by atoms with E-state index in [0.29, 0.717) is 6.04 Å². The van der Waals surface area contributed by atoms with E-state index in [4.69, 9.17) is 0 Å². The predicted molar refractivity (Wildman–Crippen MR) is 67.1 cm³/mol. The van der Waals surface area contributed by atoms with E-state index < -0.39 is 0 Å². The van der Waals surface area contributed by atoms with Crippen LogP contribution in [0.1, 0.15) is 50.8 Å². The van der Waals surface area contributed by atoms with Crippen molar-refractivity contribution in [2.75, 3.05) is 6.54 Å². The van der Waals surface area contributed by atoms with Gasteiger partial charge in [0.15, 0.2) is 0 Å². The summed E-state index contributed by atoms with van der Waals surface area (Å²) >= 11 is 0. The first-order valence-corrected chi connectivity index (χ1v) is 6.14. The second-order valence-corrected chi connectivity index (χ2v) is 4.01. The van der Waals surface area contributed by atoms with Gasteiger partial charge in [0.2, 0.25) is 0 Å². The van der Waals surface area contributed by atoms with E-state index in [1.54, 1.807) is 0 Å². The Hall–Kier alpha value is -0.820. The van der Waals surface area contributed by atoms with Crippen LogP contribution in [-0.4, -0.2) is 6.54 Å². The molecule has 1 N–H and O–H groups in total. The topological polar surface area (TPSA) is 12.0 Å². The largest absolute Gasteiger partial charge is 0.310 e. The number of nitrogens with one attached hydrogen (secondary N) is 1. The maximum absolute atomic E-state index is 3.59. The van der Waals surface area contributed by atoms with E-state index in [9.17, 15) is 0 Å². The molecule has 0 heterocycles. The van der Waals surface area contributed by atoms with Gasteiger partial charge in [0.25, 0.3) is 0 Å². The summed E-state index contributed by atoms with van der Waals surface area (Å²) in [4.78, 5) is 0. The van der Waals surface area contributed by atoms with Crippen LogP contribution in [0.3, 0.4) is 0 Å². The summed E-state index contributed by atoms with van der Waals surface area (Å²) in [7, 11) is 0. The normalized spacial score (nSPS) is 12.7. The summed E-state index contributed by atoms with van der Waals surface area (Å²) in [6.45, 7) is 7.77. The fraction of sp³-hybridized carbons (Fsp3) is 0.571. The fourth-order valence-corrected chi connectivity index (χ4v) is 1.85. The monoisotopic (exact) mass is 205 g/mol. The maximum Gasteiger partial charge on any atom is 0.0317 e. The third-order valence-electron chi connectivity index (χ3n) is 2.81. The van der Waals surface area contributed by atoms with Crippen molar-refractivity contribution in [2.24, 2.45) is 0 Å². The van der Waals surface area contributed by atoms with Crippen molar-refractivity contribution < 1.29 is 0 Å². The highest BCUT2D eigenvalue weighted by molar-refractivity contribution is 5.26. The standard InChI is InChI=1S/C14H23N/c1-4-10-15-14(6-3)13-9-7-8-12(5-2)11-13/h7-9,11,14-15H,4-6,10H2,1-3H3. The van der Waals surface area contributed by atoms with E-state index in [1.807, 2.05) is 0 Å². The van der Waals surface area contributed by atoms with Crippen LogP contribution < -0.4 is 5.32 Å². The first-order valence-electron chi connectivity index (χ1n) is 6.14. The fourth-order valence-electron chi connectivity index (χ4n) is 1.85. The van der Waals surface area contributed by atoms with Crippen molar-refractivity contribution in [2.45, 2.75) is 46.1 Å². The molecule has 1 aromatic rings. The van der Waals surface area contributed by atoms with Crippen LogP contribution in [-0.2, 0) is 6.42 Å². The molecule has 84 valence electrons. The lowest BCUT2D eigenvalue weighted by molar-refractivity contribution is 0.518. The second kappa shape index (κ2) is 6.62. The Morgan fingerprint density at radius 2 is 2.00 bits per heavy atom. The zero-order chi connectivity index (χ0) is 11.1. The smallest absolute Gasteiger partial charge is 0.0317 e. The molecule has 0 aromatic heterocycles. The van der Waals surface area contributed by atoms with E-state index in [1.165, 1.54) is 17.5 Å². The van der Waals surface area contributed by atoms with Crippen LogP contribution >= 0.6 is 0 Å². The molecule has 0 amide bonds. The quantitative estimate of drug-likeness (QED) is 0.746. The molecule has 1 rings (SSSR count). The Morgan fingerprint density at radius 3 is 2.60 bits per heavy atom. The summed E-state index contributed by atoms with van der Waals surface area (Å²) in [6.07, 6.45) is 3.48. The zero-order valence-corrected chi connectivity index (χ0v) is 10.2. The van der Waals surface area contributed by atoms with Crippen molar-refractivity contribution in [1.82, 2.24) is 5.32 Å². The van der Waals surface area contributed by atoms with Crippen molar-refractivity contribution >= 4 is 0 Å². The molecule has 0 fully saturated rings. The third-order valence-corrected chi connectivity index (χ3v) is 2.81. The van der Waals surface area contributed by atoms with Crippen molar-refractivity contribution in [3.8, 4) is 0 Å². The molecule has 0 saturated carbocycles. The molecule has 0 bridgehead atoms. The summed E-state index contributed by atoms with van der Waals surface area (Å²) in [6, 6.07) is 9.46. The molecule has 0 aliphatic carbocycles. The molecule has 1 unspecified atom stereocenters. The number of hydrogen-bond donors (Lipinski definition) is 1. The highest BCUT2D eigenvalue weighted by atomic mass is 14.9. The van der Waals surface area contributed by atoms with Gasteiger partial charge in [0.05, 0.1) is 0 Å². The first kappa shape index (κ1) is 12.3. The molecule has 1 heteroatoms. The van der Waals surface area contributed by atoms with E-state index in [-0.39, 0.29) is 0 Å². The third kappa shape index (κ3) is 3.67. The highest BCUT2D eigenvalue weighted by Gasteiger charge is 2.07. The summed E-state index contributed by atoms with van der Waals surface area (Å²) in [5.74, 6) is 0. The highest BCUT2D eigenvalue weighted by Crippen LogP contribution is 2.18. The SMILES string of the molecule is CCCNC(CC)c1cccc(CC)c1. The minimum absolute atomic E-state index is 0.524. The van der Waals surface area contributed by atoms with Crippen molar-refractivity contribution in [3.63, 3.8) is 0 Å². The van der Waals surface area contributed by atoms with Crippen molar-refractivity contribution in [1.29, 1.82) is 0 Å². The van der Waals surface area contributed by atoms with Crippen LogP contribution in [0.5, 0.6) is 0 Å². The Morgan fingerprint density at radius 1 is 1.20 bits per heavy atom. The minimum atomic E-state index is 0.524. The molecular formula is C14H23N. The van der Waals surface area contributed by atoms with E-state index in [2.05, 4.69) is 50.4 Å². The van der Waals surface area contributed by atoms with Crippen LogP contribution in [0, 0.1) is 0 Å². The summed E-state index contributed by atoms with van der Waals surface area (Å²) in [5.41, 5.74) is 2.87. The Bertz CT molecular complexity index is 280. The van der Waals surface area contributed by atoms with E-state index >= 15 is 0 Å². The number of benzene rings is 1. The van der Waals surface area contributed by atoms with Gasteiger partial charge in [-0.25, -0.2) is 0 Å². The molecule has 0 saturated heterocycles. The van der Waals surface area contributed by atoms with Gasteiger partial charge in [-0.2, -0.15) is 0 Å². The summed E-state index contributed by atoms with van der Waals surface area (Å²) < 4.78 is 0. The maximum atomic E-state index is 3.59. The van der Waals surface area contributed by atoms with E-state index in [0.717, 1.165) is 19.4 Å². The van der Waals surface area contributed by atoms with Gasteiger partial charge in [0, 0.05) is 6.04 Å². The average Bonchev–Trinajstić information content (AvgIpc) is 2.30. The molecule has 0 spiro atoms. The average molecular weight is 205 g/mol. The van der Waals surface area contributed by atoms with Gasteiger partial charge in [0.1, 0.15) is 0 Å². The van der Waals surface area contributed by atoms with Gasteiger partial charge in [-0.05, 0) is 36.9 Å². The molecule has 0 aliphatic heterocycles. The molecule has 0 aliphatic rings. The molecule has 1 aromatic carbocycles. The first-order chi connectivity index (χ1) is 7.31. The van der Waals surface area contributed by atoms with Crippen molar-refractivity contribution in [3.05, 3.63) is 35.4 Å². The van der Waals surface area contributed by atoms with Gasteiger partial charge < -0.3 is 5.32 Å². The van der Waals surface area contributed by atoms with Gasteiger partial charge in [-0.3, -0.25) is 0 Å². The summed E-state index contributed by atoms with van der Waals surface area (Å²) in [5, 5.41) is 3.59. The molecule has 15 heavy (non-hydrogen) atoms. The van der Waals surface area contributed by atoms with Gasteiger partial charge in [-0.15, -0.1) is 0 Å². The lowest BCUT2D eigenvalue weighted by Gasteiger charge is -2.17. The number of hydrogen-bond acceptors (Lipinski definition) is 1. The van der Waals surface area contributed by atoms with Crippen LogP contribution in [0.2, 0.25) is 0 Å². The van der Waals surface area contributed by atoms with Crippen LogP contribution in [0.15, 0.2) is 24.3 Å². The van der Waals surface area contributed by atoms with Gasteiger partial charge in [-0.1, -0.05) is 45.0 Å². The zero-order valence-electron chi connectivity index (χ0n) is 10.2. The lowest BCUT2D eigenvalue weighted by atomic mass is 10.0. The number of rotatable bonds is 6. The number of aryl methyl sites for hydroxylation is 1. The molecule has 1 atom stereocenters. The second-order valence-electron chi connectivity index (χ2n) is 4.01. The van der Waals surface area contributed by atoms with Gasteiger partial charge >= 0.3 is 0 Å². The molecule has 0 radical (unpaired) electrons. The Labute approximate surface area is 93.9 Å². The minimum Gasteiger partial charge on any atom is -0.310 e. The lowest BCUT2D eigenvalue weighted by Crippen LogP contribution is -2.21. The Kier molecular flexibility index (Phi) is 5.41. The predicted octanol–water partition coefficient (Wildman–Crippen LogP) is 3.70. The van der Waals surface area contributed by atoms with Crippen LogP contribution in [0.25, 0.3) is 0 Å². The molecular weight excluding hydrogens is 182 g/mol. The van der Waals surface area contributed by atoms with Crippen LogP contribution in [0.4, 0.5) is 0 Å². The molecule has 1 nitrogen and oxygen atoms in total. The Balaban J connectivity index is 2.72.